The molecule has 13 heavy (non-hydrogen) atoms. The highest BCUT2D eigenvalue weighted by Gasteiger charge is 2.28. The molecule has 0 radical (unpaired) electrons. The lowest BCUT2D eigenvalue weighted by molar-refractivity contribution is 0.470. The Hall–Kier alpha value is -0.130. The zero-order valence-corrected chi connectivity index (χ0v) is 8.89. The average molecular weight is 206 g/mol. The molecule has 5 heteroatoms. The lowest BCUT2D eigenvalue weighted by Crippen LogP contribution is -2.33. The van der Waals surface area contributed by atoms with Gasteiger partial charge in [-0.1, -0.05) is 13.3 Å². The van der Waals surface area contributed by atoms with Gasteiger partial charge < -0.3 is 5.73 Å². The van der Waals surface area contributed by atoms with Crippen molar-refractivity contribution in [2.24, 2.45) is 5.73 Å². The van der Waals surface area contributed by atoms with Gasteiger partial charge in [-0.15, -0.1) is 0 Å². The van der Waals surface area contributed by atoms with Crippen LogP contribution in [0.1, 0.15) is 26.2 Å². The van der Waals surface area contributed by atoms with E-state index in [1.165, 1.54) is 4.31 Å². The molecule has 1 atom stereocenters. The van der Waals surface area contributed by atoms with Crippen LogP contribution in [0.2, 0.25) is 0 Å². The molecular weight excluding hydrogens is 188 g/mol. The third kappa shape index (κ3) is 2.93. The molecule has 0 amide bonds. The van der Waals surface area contributed by atoms with Crippen molar-refractivity contribution in [2.75, 3.05) is 18.8 Å². The third-order valence-corrected chi connectivity index (χ3v) is 4.26. The van der Waals surface area contributed by atoms with Gasteiger partial charge >= 0.3 is 0 Å². The van der Waals surface area contributed by atoms with Gasteiger partial charge in [0.2, 0.25) is 10.0 Å². The summed E-state index contributed by atoms with van der Waals surface area (Å²) in [6, 6.07) is 0.0383. The van der Waals surface area contributed by atoms with E-state index < -0.39 is 10.0 Å². The number of sulfonamides is 1. The Morgan fingerprint density at radius 1 is 1.54 bits per heavy atom. The number of nitrogens with zero attached hydrogens (tertiary/aromatic N) is 1. The predicted octanol–water partition coefficient (Wildman–Crippen LogP) is 0.149. The maximum Gasteiger partial charge on any atom is 0.214 e. The van der Waals surface area contributed by atoms with Crippen molar-refractivity contribution >= 4 is 10.0 Å². The van der Waals surface area contributed by atoms with E-state index in [1.54, 1.807) is 0 Å². The second-order valence-corrected chi connectivity index (χ2v) is 5.66. The van der Waals surface area contributed by atoms with Gasteiger partial charge in [-0.3, -0.25) is 0 Å². The number of hydrogen-bond acceptors (Lipinski definition) is 3. The van der Waals surface area contributed by atoms with Crippen LogP contribution in [0.3, 0.4) is 0 Å². The largest absolute Gasteiger partial charge is 0.326 e. The Morgan fingerprint density at radius 2 is 2.23 bits per heavy atom. The van der Waals surface area contributed by atoms with Crippen LogP contribution in [0.4, 0.5) is 0 Å². The molecule has 1 aliphatic rings. The van der Waals surface area contributed by atoms with Gasteiger partial charge in [0.25, 0.3) is 0 Å². The number of nitrogens with two attached hydrogens (primary N) is 1. The summed E-state index contributed by atoms with van der Waals surface area (Å²) in [7, 11) is -3.00. The van der Waals surface area contributed by atoms with Crippen LogP contribution in [0.15, 0.2) is 0 Å². The summed E-state index contributed by atoms with van der Waals surface area (Å²) in [4.78, 5) is 0. The van der Waals surface area contributed by atoms with E-state index in [0.717, 1.165) is 19.3 Å². The van der Waals surface area contributed by atoms with E-state index in [0.29, 0.717) is 13.1 Å². The smallest absolute Gasteiger partial charge is 0.214 e. The van der Waals surface area contributed by atoms with E-state index in [1.807, 2.05) is 6.92 Å². The van der Waals surface area contributed by atoms with Gasteiger partial charge in [0.15, 0.2) is 0 Å². The molecule has 4 nitrogen and oxygen atoms in total. The molecule has 0 aromatic heterocycles. The summed E-state index contributed by atoms with van der Waals surface area (Å²) in [6.45, 7) is 3.10. The quantitative estimate of drug-likeness (QED) is 0.712. The highest BCUT2D eigenvalue weighted by Crippen LogP contribution is 2.13. The Morgan fingerprint density at radius 3 is 2.69 bits per heavy atom. The minimum absolute atomic E-state index is 0.0383. The van der Waals surface area contributed by atoms with Crippen LogP contribution in [-0.4, -0.2) is 37.6 Å². The van der Waals surface area contributed by atoms with Crippen molar-refractivity contribution in [3.05, 3.63) is 0 Å². The van der Waals surface area contributed by atoms with Gasteiger partial charge in [0, 0.05) is 19.1 Å². The van der Waals surface area contributed by atoms with Crippen LogP contribution in [-0.2, 0) is 10.0 Å². The van der Waals surface area contributed by atoms with Crippen molar-refractivity contribution in [2.45, 2.75) is 32.2 Å². The molecule has 1 aliphatic heterocycles. The fourth-order valence-corrected chi connectivity index (χ4v) is 3.18. The summed E-state index contributed by atoms with van der Waals surface area (Å²) < 4.78 is 24.7. The minimum atomic E-state index is -3.00. The first-order chi connectivity index (χ1) is 6.06. The van der Waals surface area contributed by atoms with Crippen molar-refractivity contribution < 1.29 is 8.42 Å². The molecule has 0 saturated carbocycles. The van der Waals surface area contributed by atoms with Crippen LogP contribution in [0.5, 0.6) is 0 Å². The molecule has 0 bridgehead atoms. The zero-order chi connectivity index (χ0) is 9.90. The lowest BCUT2D eigenvalue weighted by Gasteiger charge is -2.15. The molecule has 0 spiro atoms. The van der Waals surface area contributed by atoms with Gasteiger partial charge in [0.1, 0.15) is 0 Å². The lowest BCUT2D eigenvalue weighted by atomic mass is 10.3. The van der Waals surface area contributed by atoms with E-state index in [9.17, 15) is 8.42 Å². The molecule has 0 aliphatic carbocycles. The fourth-order valence-electron chi connectivity index (χ4n) is 1.46. The van der Waals surface area contributed by atoms with Crippen LogP contribution in [0.25, 0.3) is 0 Å². The first-order valence-corrected chi connectivity index (χ1v) is 6.40. The van der Waals surface area contributed by atoms with E-state index >= 15 is 0 Å². The van der Waals surface area contributed by atoms with Gasteiger partial charge in [-0.2, -0.15) is 0 Å². The number of unbranched alkanes of at least 4 members (excludes halogenated alkanes) is 1. The predicted molar refractivity (Wildman–Crippen MR) is 52.9 cm³/mol. The molecule has 1 rings (SSSR count). The van der Waals surface area contributed by atoms with Crippen molar-refractivity contribution in [3.63, 3.8) is 0 Å². The maximum atomic E-state index is 11.6. The molecule has 2 N–H and O–H groups in total. The third-order valence-electron chi connectivity index (χ3n) is 2.34. The molecule has 78 valence electrons. The molecule has 1 saturated heterocycles. The SMILES string of the molecule is CCCCS(=O)(=O)N1CC[C@@H](N)C1. The summed E-state index contributed by atoms with van der Waals surface area (Å²) in [6.07, 6.45) is 2.46. The summed E-state index contributed by atoms with van der Waals surface area (Å²) in [5.74, 6) is 0.274. The first kappa shape index (κ1) is 10.9. The van der Waals surface area contributed by atoms with Crippen LogP contribution < -0.4 is 5.73 Å². The van der Waals surface area contributed by atoms with Crippen LogP contribution in [0, 0.1) is 0 Å². The summed E-state index contributed by atoms with van der Waals surface area (Å²) in [5, 5.41) is 0. The van der Waals surface area contributed by atoms with E-state index in [4.69, 9.17) is 5.73 Å². The second-order valence-electron chi connectivity index (χ2n) is 3.58. The molecule has 1 heterocycles. The Kier molecular flexibility index (Phi) is 3.70. The molecule has 0 unspecified atom stereocenters. The topological polar surface area (TPSA) is 63.4 Å². The Balaban J connectivity index is 2.50. The number of rotatable bonds is 4. The zero-order valence-electron chi connectivity index (χ0n) is 8.07. The second kappa shape index (κ2) is 4.39. The first-order valence-electron chi connectivity index (χ1n) is 4.79. The monoisotopic (exact) mass is 206 g/mol. The van der Waals surface area contributed by atoms with Crippen molar-refractivity contribution in [1.29, 1.82) is 0 Å². The Labute approximate surface area is 80.1 Å². The highest BCUT2D eigenvalue weighted by atomic mass is 32.2. The van der Waals surface area contributed by atoms with Gasteiger partial charge in [0.05, 0.1) is 5.75 Å². The molecular formula is C8H18N2O2S. The molecule has 0 aromatic rings. The maximum absolute atomic E-state index is 11.6. The van der Waals surface area contributed by atoms with E-state index in [2.05, 4.69) is 0 Å². The van der Waals surface area contributed by atoms with Gasteiger partial charge in [-0.25, -0.2) is 12.7 Å². The molecule has 0 aromatic carbocycles. The van der Waals surface area contributed by atoms with Gasteiger partial charge in [-0.05, 0) is 12.8 Å². The molecule has 1 fully saturated rings. The summed E-state index contributed by atoms with van der Waals surface area (Å²) in [5.41, 5.74) is 5.64. The minimum Gasteiger partial charge on any atom is -0.326 e. The Bertz CT molecular complexity index is 251. The van der Waals surface area contributed by atoms with Crippen molar-refractivity contribution in [3.8, 4) is 0 Å². The van der Waals surface area contributed by atoms with E-state index in [-0.39, 0.29) is 11.8 Å². The number of hydrogen-bond donors (Lipinski definition) is 1. The highest BCUT2D eigenvalue weighted by molar-refractivity contribution is 7.89. The van der Waals surface area contributed by atoms with Crippen molar-refractivity contribution in [1.82, 2.24) is 4.31 Å². The van der Waals surface area contributed by atoms with Crippen LogP contribution >= 0.6 is 0 Å². The standard InChI is InChI=1S/C8H18N2O2S/c1-2-3-6-13(11,12)10-5-4-8(9)7-10/h8H,2-7,9H2,1H3/t8-/m1/s1. The average Bonchev–Trinajstić information content (AvgIpc) is 2.49. The normalized spacial score (nSPS) is 25.2. The summed E-state index contributed by atoms with van der Waals surface area (Å²) >= 11 is 0. The fraction of sp³-hybridized carbons (Fsp3) is 1.00.